The van der Waals surface area contributed by atoms with Gasteiger partial charge in [0, 0.05) is 23.7 Å². The molecule has 3 heterocycles. The summed E-state index contributed by atoms with van der Waals surface area (Å²) in [6.45, 7) is 4.24. The number of carbonyl (C=O) groups is 1. The molecule has 1 fully saturated rings. The van der Waals surface area contributed by atoms with Gasteiger partial charge in [0.05, 0.1) is 18.4 Å². The summed E-state index contributed by atoms with van der Waals surface area (Å²) in [5, 5.41) is 16.9. The van der Waals surface area contributed by atoms with Crippen LogP contribution in [-0.2, 0) is 23.4 Å². The van der Waals surface area contributed by atoms with Crippen molar-refractivity contribution in [1.82, 2.24) is 19.8 Å². The first-order chi connectivity index (χ1) is 18.7. The van der Waals surface area contributed by atoms with Crippen molar-refractivity contribution in [2.45, 2.75) is 57.9 Å². The Labute approximate surface area is 224 Å². The maximum absolute atomic E-state index is 15.5. The van der Waals surface area contributed by atoms with Crippen LogP contribution in [0.15, 0.2) is 38.5 Å². The lowest BCUT2D eigenvalue weighted by Crippen LogP contribution is -2.43. The lowest BCUT2D eigenvalue weighted by Gasteiger charge is -2.24. The van der Waals surface area contributed by atoms with E-state index >= 15 is 4.39 Å². The fourth-order valence-corrected chi connectivity index (χ4v) is 5.24. The van der Waals surface area contributed by atoms with Gasteiger partial charge < -0.3 is 23.6 Å². The van der Waals surface area contributed by atoms with Crippen LogP contribution in [0.2, 0.25) is 0 Å². The van der Waals surface area contributed by atoms with Crippen molar-refractivity contribution >= 4 is 24.7 Å². The van der Waals surface area contributed by atoms with Crippen LogP contribution < -0.4 is 20.9 Å². The maximum Gasteiger partial charge on any atom is 0.459 e. The van der Waals surface area contributed by atoms with Crippen LogP contribution in [0.3, 0.4) is 0 Å². The summed E-state index contributed by atoms with van der Waals surface area (Å²) in [5.41, 5.74) is -3.81. The van der Waals surface area contributed by atoms with E-state index in [2.05, 4.69) is 10.2 Å². The molecule has 14 nitrogen and oxygen atoms in total. The zero-order valence-corrected chi connectivity index (χ0v) is 22.6. The molecule has 2 aromatic heterocycles. The van der Waals surface area contributed by atoms with Gasteiger partial charge in [-0.05, 0) is 33.8 Å². The minimum absolute atomic E-state index is 0.0971. The standard InChI is InChI=1S/C23H27F2N4O10P/c1-11(2)36-19(31)9-26-40(34,39-16-7-13-12(3)28-38-15(13)8-14(16)24)35-10-17-20(32)23(4,25)21(37-17)29-6-5-18(30)27-22(29)33/h5-8,11,17,20-21,32H,9-10H2,1-4H3,(H,26,34)(H,27,30,33). The zero-order chi connectivity index (χ0) is 29.4. The number of aliphatic hydroxyl groups excluding tert-OH is 1. The number of halogens is 2. The number of aliphatic hydroxyl groups is 1. The summed E-state index contributed by atoms with van der Waals surface area (Å²) >= 11 is 0. The Morgan fingerprint density at radius 3 is 2.77 bits per heavy atom. The lowest BCUT2D eigenvalue weighted by molar-refractivity contribution is -0.146. The van der Waals surface area contributed by atoms with Crippen molar-refractivity contribution in [3.63, 3.8) is 0 Å². The molecule has 1 aromatic carbocycles. The predicted octanol–water partition coefficient (Wildman–Crippen LogP) is 1.86. The van der Waals surface area contributed by atoms with Crippen LogP contribution >= 0.6 is 7.75 Å². The number of hydrogen-bond acceptors (Lipinski definition) is 11. The van der Waals surface area contributed by atoms with Gasteiger partial charge in [-0.3, -0.25) is 23.7 Å². The van der Waals surface area contributed by atoms with E-state index in [1.54, 1.807) is 20.8 Å². The monoisotopic (exact) mass is 588 g/mol. The van der Waals surface area contributed by atoms with Gasteiger partial charge in [-0.2, -0.15) is 0 Å². The third-order valence-corrected chi connectivity index (χ3v) is 7.41. The summed E-state index contributed by atoms with van der Waals surface area (Å²) in [5.74, 6) is -2.38. The third kappa shape index (κ3) is 6.15. The molecular formula is C23H27F2N4O10P. The van der Waals surface area contributed by atoms with Crippen LogP contribution in [0, 0.1) is 12.7 Å². The van der Waals surface area contributed by atoms with Gasteiger partial charge in [-0.25, -0.2) is 23.2 Å². The van der Waals surface area contributed by atoms with Crippen molar-refractivity contribution in [3.05, 3.63) is 56.7 Å². The van der Waals surface area contributed by atoms with Crippen LogP contribution in [0.4, 0.5) is 8.78 Å². The molecular weight excluding hydrogens is 561 g/mol. The summed E-state index contributed by atoms with van der Waals surface area (Å²) in [6, 6.07) is 3.08. The van der Waals surface area contributed by atoms with E-state index in [0.717, 1.165) is 29.8 Å². The Hall–Kier alpha value is -3.43. The maximum atomic E-state index is 15.5. The van der Waals surface area contributed by atoms with Crippen LogP contribution in [-0.4, -0.2) is 62.9 Å². The number of esters is 1. The molecule has 40 heavy (non-hydrogen) atoms. The number of rotatable bonds is 10. The number of alkyl halides is 1. The number of nitrogens with one attached hydrogen (secondary N) is 2. The fourth-order valence-electron chi connectivity index (χ4n) is 3.96. The Morgan fingerprint density at radius 2 is 2.10 bits per heavy atom. The second-order valence-electron chi connectivity index (χ2n) is 9.45. The minimum Gasteiger partial charge on any atom is -0.462 e. The molecule has 3 N–H and O–H groups in total. The summed E-state index contributed by atoms with van der Waals surface area (Å²) < 4.78 is 70.9. The number of hydrogen-bond donors (Lipinski definition) is 3. The highest BCUT2D eigenvalue weighted by Gasteiger charge is 2.55. The summed E-state index contributed by atoms with van der Waals surface area (Å²) in [4.78, 5) is 37.6. The Kier molecular flexibility index (Phi) is 8.28. The first kappa shape index (κ1) is 29.6. The highest BCUT2D eigenvalue weighted by molar-refractivity contribution is 7.52. The average molecular weight is 588 g/mol. The van der Waals surface area contributed by atoms with E-state index in [0.29, 0.717) is 11.1 Å². The number of ether oxygens (including phenoxy) is 2. The molecule has 0 bridgehead atoms. The van der Waals surface area contributed by atoms with Gasteiger partial charge in [0.1, 0.15) is 18.8 Å². The van der Waals surface area contributed by atoms with Gasteiger partial charge >= 0.3 is 19.4 Å². The highest BCUT2D eigenvalue weighted by Crippen LogP contribution is 2.48. The minimum atomic E-state index is -4.64. The summed E-state index contributed by atoms with van der Waals surface area (Å²) in [6.07, 6.45) is -4.65. The molecule has 0 radical (unpaired) electrons. The average Bonchev–Trinajstić information content (AvgIpc) is 3.32. The second-order valence-corrected chi connectivity index (χ2v) is 11.2. The first-order valence-electron chi connectivity index (χ1n) is 12.0. The molecule has 5 unspecified atom stereocenters. The first-order valence-corrected chi connectivity index (χ1v) is 13.5. The van der Waals surface area contributed by atoms with Crippen molar-refractivity contribution in [2.24, 2.45) is 0 Å². The van der Waals surface area contributed by atoms with Gasteiger partial charge in [-0.1, -0.05) is 5.16 Å². The highest BCUT2D eigenvalue weighted by atomic mass is 31.2. The number of benzene rings is 1. The molecule has 218 valence electrons. The van der Waals surface area contributed by atoms with Crippen LogP contribution in [0.1, 0.15) is 32.7 Å². The summed E-state index contributed by atoms with van der Waals surface area (Å²) in [7, 11) is -4.64. The Morgan fingerprint density at radius 1 is 1.38 bits per heavy atom. The number of aryl methyl sites for hydroxylation is 1. The zero-order valence-electron chi connectivity index (χ0n) is 21.8. The van der Waals surface area contributed by atoms with E-state index in [4.69, 9.17) is 23.0 Å². The van der Waals surface area contributed by atoms with E-state index < -0.39 is 79.9 Å². The molecule has 0 spiro atoms. The SMILES string of the molecule is Cc1noc2cc(F)c(OP(=O)(NCC(=O)OC(C)C)OCC3OC(n4ccc(=O)[nH]c4=O)C(C)(F)C3O)cc12. The normalized spacial score (nSPS) is 24.4. The topological polar surface area (TPSA) is 184 Å². The van der Waals surface area contributed by atoms with Crippen LogP contribution in [0.5, 0.6) is 5.75 Å². The van der Waals surface area contributed by atoms with Crippen molar-refractivity contribution in [2.75, 3.05) is 13.2 Å². The Balaban J connectivity index is 1.57. The number of nitrogens with zero attached hydrogens (tertiary/aromatic N) is 2. The largest absolute Gasteiger partial charge is 0.462 e. The lowest BCUT2D eigenvalue weighted by atomic mass is 9.98. The quantitative estimate of drug-likeness (QED) is 0.231. The second kappa shape index (κ2) is 11.2. The fraction of sp³-hybridized carbons (Fsp3) is 0.478. The molecule has 4 rings (SSSR count). The molecule has 1 aliphatic heterocycles. The molecule has 1 saturated heterocycles. The number of carbonyl (C=O) groups excluding carboxylic acids is 1. The Bertz CT molecular complexity index is 1570. The van der Waals surface area contributed by atoms with E-state index in [9.17, 15) is 28.4 Å². The number of H-pyrrole nitrogens is 1. The van der Waals surface area contributed by atoms with E-state index in [-0.39, 0.29) is 5.58 Å². The molecule has 0 amide bonds. The van der Waals surface area contributed by atoms with Crippen LogP contribution in [0.25, 0.3) is 11.0 Å². The molecule has 0 saturated carbocycles. The van der Waals surface area contributed by atoms with E-state index in [1.165, 1.54) is 6.07 Å². The smallest absolute Gasteiger partial charge is 0.459 e. The van der Waals surface area contributed by atoms with Gasteiger partial charge in [-0.15, -0.1) is 0 Å². The van der Waals surface area contributed by atoms with Crippen molar-refractivity contribution < 1.29 is 46.3 Å². The van der Waals surface area contributed by atoms with Crippen molar-refractivity contribution in [1.29, 1.82) is 0 Å². The molecule has 1 aliphatic rings. The molecule has 5 atom stereocenters. The molecule has 0 aliphatic carbocycles. The molecule has 3 aromatic rings. The van der Waals surface area contributed by atoms with E-state index in [1.807, 2.05) is 4.98 Å². The predicted molar refractivity (Wildman–Crippen MR) is 133 cm³/mol. The van der Waals surface area contributed by atoms with Crippen molar-refractivity contribution in [3.8, 4) is 5.75 Å². The molecule has 17 heteroatoms. The number of aromatic nitrogens is 3. The third-order valence-electron chi connectivity index (χ3n) is 5.94. The number of fused-ring (bicyclic) bond motifs is 1. The number of aromatic amines is 1. The van der Waals surface area contributed by atoms with Gasteiger partial charge in [0.15, 0.2) is 29.0 Å². The van der Waals surface area contributed by atoms with Gasteiger partial charge in [0.2, 0.25) is 0 Å². The van der Waals surface area contributed by atoms with Gasteiger partial charge in [0.25, 0.3) is 5.56 Å².